The molecule has 0 spiro atoms. The van der Waals surface area contributed by atoms with Crippen LogP contribution in [0.5, 0.6) is 0 Å². The van der Waals surface area contributed by atoms with Gasteiger partial charge in [0.05, 0.1) is 0 Å². The van der Waals surface area contributed by atoms with Crippen LogP contribution in [0.15, 0.2) is 24.3 Å². The quantitative estimate of drug-likeness (QED) is 0.328. The standard InChI is InChI=1S/C31H46F2S/c1-3-5-6-8-22-9-11-23(12-10-22)24-13-15-25(16-14-24)27-18-20-29(34-21-27)28-19-17-26(7-4-2)30(32)31(28)33/h3,5,17,19,22-25,27,29H,4,6-16,18,20-21H2,1-2H3/t22?,23?,24?,25?,27?,29-/m0/s1. The molecule has 1 heterocycles. The van der Waals surface area contributed by atoms with E-state index in [0.29, 0.717) is 17.5 Å². The maximum absolute atomic E-state index is 14.8. The summed E-state index contributed by atoms with van der Waals surface area (Å²) in [6, 6.07) is 3.68. The highest BCUT2D eigenvalue weighted by Crippen LogP contribution is 2.49. The van der Waals surface area contributed by atoms with Crippen LogP contribution in [-0.4, -0.2) is 5.75 Å². The highest BCUT2D eigenvalue weighted by molar-refractivity contribution is 7.99. The first kappa shape index (κ1) is 26.2. The number of rotatable bonds is 8. The maximum atomic E-state index is 14.8. The number of thioether (sulfide) groups is 1. The lowest BCUT2D eigenvalue weighted by Gasteiger charge is -2.41. The molecule has 0 aromatic heterocycles. The second-order valence-corrected chi connectivity index (χ2v) is 12.7. The lowest BCUT2D eigenvalue weighted by molar-refractivity contribution is 0.124. The fraction of sp³-hybridized carbons (Fsp3) is 0.742. The molecule has 1 aliphatic heterocycles. The van der Waals surface area contributed by atoms with E-state index < -0.39 is 11.6 Å². The van der Waals surface area contributed by atoms with Crippen molar-refractivity contribution in [3.8, 4) is 0 Å². The van der Waals surface area contributed by atoms with Gasteiger partial charge in [-0.2, -0.15) is 11.8 Å². The minimum Gasteiger partial charge on any atom is -0.203 e. The van der Waals surface area contributed by atoms with E-state index in [1.54, 1.807) is 0 Å². The van der Waals surface area contributed by atoms with Crippen molar-refractivity contribution in [2.45, 2.75) is 109 Å². The molecule has 0 nitrogen and oxygen atoms in total. The fourth-order valence-corrected chi connectivity index (χ4v) is 8.82. The summed E-state index contributed by atoms with van der Waals surface area (Å²) in [4.78, 5) is 0. The van der Waals surface area contributed by atoms with Gasteiger partial charge in [-0.15, -0.1) is 0 Å². The van der Waals surface area contributed by atoms with Gasteiger partial charge in [-0.05, 0) is 118 Å². The molecular weight excluding hydrogens is 442 g/mol. The lowest BCUT2D eigenvalue weighted by Crippen LogP contribution is -2.30. The molecule has 3 aliphatic rings. The first-order valence-corrected chi connectivity index (χ1v) is 15.3. The van der Waals surface area contributed by atoms with Crippen molar-refractivity contribution in [1.29, 1.82) is 0 Å². The van der Waals surface area contributed by atoms with Crippen LogP contribution in [0.4, 0.5) is 8.78 Å². The summed E-state index contributed by atoms with van der Waals surface area (Å²) in [5, 5.41) is 0.126. The van der Waals surface area contributed by atoms with Crippen molar-refractivity contribution < 1.29 is 8.78 Å². The third kappa shape index (κ3) is 6.48. The molecule has 4 rings (SSSR count). The molecule has 0 N–H and O–H groups in total. The molecule has 190 valence electrons. The van der Waals surface area contributed by atoms with Crippen molar-refractivity contribution in [3.05, 3.63) is 47.0 Å². The van der Waals surface area contributed by atoms with E-state index in [9.17, 15) is 8.78 Å². The van der Waals surface area contributed by atoms with Crippen LogP contribution in [0.3, 0.4) is 0 Å². The average Bonchev–Trinajstić information content (AvgIpc) is 2.88. The molecular formula is C31H46F2S. The number of allylic oxidation sites excluding steroid dienone is 2. The van der Waals surface area contributed by atoms with Gasteiger partial charge in [0, 0.05) is 10.8 Å². The van der Waals surface area contributed by atoms with Gasteiger partial charge in [-0.3, -0.25) is 0 Å². The van der Waals surface area contributed by atoms with E-state index in [0.717, 1.165) is 48.2 Å². The summed E-state index contributed by atoms with van der Waals surface area (Å²) in [5.41, 5.74) is 1.13. The molecule has 0 radical (unpaired) electrons. The molecule has 1 aromatic carbocycles. The molecule has 0 bridgehead atoms. The molecule has 0 amide bonds. The third-order valence-corrected chi connectivity index (χ3v) is 10.9. The fourth-order valence-electron chi connectivity index (χ4n) is 7.24. The zero-order valence-electron chi connectivity index (χ0n) is 21.5. The minimum absolute atomic E-state index is 0.126. The van der Waals surface area contributed by atoms with Crippen LogP contribution < -0.4 is 0 Å². The van der Waals surface area contributed by atoms with E-state index >= 15 is 0 Å². The van der Waals surface area contributed by atoms with Crippen LogP contribution in [0, 0.1) is 41.2 Å². The molecule has 3 heteroatoms. The molecule has 2 saturated carbocycles. The zero-order valence-corrected chi connectivity index (χ0v) is 22.4. The topological polar surface area (TPSA) is 0 Å². The van der Waals surface area contributed by atoms with Gasteiger partial charge in [-0.25, -0.2) is 8.78 Å². The lowest BCUT2D eigenvalue weighted by atomic mass is 9.67. The number of hydrogen-bond donors (Lipinski definition) is 0. The average molecular weight is 489 g/mol. The number of hydrogen-bond acceptors (Lipinski definition) is 1. The molecule has 1 unspecified atom stereocenters. The van der Waals surface area contributed by atoms with Gasteiger partial charge < -0.3 is 0 Å². The van der Waals surface area contributed by atoms with E-state index in [2.05, 4.69) is 19.1 Å². The van der Waals surface area contributed by atoms with Gasteiger partial charge in [0.15, 0.2) is 11.6 Å². The summed E-state index contributed by atoms with van der Waals surface area (Å²) >= 11 is 1.89. The molecule has 3 fully saturated rings. The Morgan fingerprint density at radius 1 is 0.824 bits per heavy atom. The molecule has 34 heavy (non-hydrogen) atoms. The molecule has 1 aromatic rings. The van der Waals surface area contributed by atoms with E-state index in [-0.39, 0.29) is 5.25 Å². The van der Waals surface area contributed by atoms with Crippen LogP contribution >= 0.6 is 11.8 Å². The van der Waals surface area contributed by atoms with Crippen molar-refractivity contribution in [2.24, 2.45) is 29.6 Å². The summed E-state index contributed by atoms with van der Waals surface area (Å²) in [6.07, 6.45) is 22.3. The van der Waals surface area contributed by atoms with Gasteiger partial charge in [-0.1, -0.05) is 50.5 Å². The van der Waals surface area contributed by atoms with Gasteiger partial charge in [0.25, 0.3) is 0 Å². The molecule has 2 aliphatic carbocycles. The number of halogens is 2. The predicted octanol–water partition coefficient (Wildman–Crippen LogP) is 10.1. The van der Waals surface area contributed by atoms with Crippen molar-refractivity contribution in [3.63, 3.8) is 0 Å². The van der Waals surface area contributed by atoms with E-state index in [1.807, 2.05) is 30.8 Å². The summed E-state index contributed by atoms with van der Waals surface area (Å²) in [6.45, 7) is 4.14. The van der Waals surface area contributed by atoms with Crippen LogP contribution in [-0.2, 0) is 6.42 Å². The maximum Gasteiger partial charge on any atom is 0.163 e. The summed E-state index contributed by atoms with van der Waals surface area (Å²) < 4.78 is 29.2. The Morgan fingerprint density at radius 2 is 1.44 bits per heavy atom. The van der Waals surface area contributed by atoms with Gasteiger partial charge >= 0.3 is 0 Å². The second-order valence-electron chi connectivity index (χ2n) is 11.5. The number of benzene rings is 1. The Hall–Kier alpha value is -0.830. The van der Waals surface area contributed by atoms with Crippen molar-refractivity contribution >= 4 is 11.8 Å². The van der Waals surface area contributed by atoms with E-state index in [4.69, 9.17) is 0 Å². The molecule has 1 saturated heterocycles. The highest BCUT2D eigenvalue weighted by atomic mass is 32.2. The normalized spacial score (nSPS) is 32.8. The number of aryl methyl sites for hydroxylation is 1. The van der Waals surface area contributed by atoms with Gasteiger partial charge in [0.1, 0.15) is 0 Å². The first-order valence-electron chi connectivity index (χ1n) is 14.3. The van der Waals surface area contributed by atoms with Crippen LogP contribution in [0.25, 0.3) is 0 Å². The minimum atomic E-state index is -0.604. The Labute approximate surface area is 211 Å². The SMILES string of the molecule is CC=CCCC1CCC(C2CCC(C3CC[C@@H](c4ccc(CCC)c(F)c4F)SC3)CC2)CC1. The van der Waals surface area contributed by atoms with Gasteiger partial charge in [0.2, 0.25) is 0 Å². The Bertz CT molecular complexity index is 779. The predicted molar refractivity (Wildman–Crippen MR) is 143 cm³/mol. The second kappa shape index (κ2) is 12.9. The third-order valence-electron chi connectivity index (χ3n) is 9.39. The van der Waals surface area contributed by atoms with Crippen molar-refractivity contribution in [2.75, 3.05) is 5.75 Å². The largest absolute Gasteiger partial charge is 0.203 e. The Morgan fingerprint density at radius 3 is 2.03 bits per heavy atom. The van der Waals surface area contributed by atoms with Crippen LogP contribution in [0.1, 0.15) is 114 Å². The Balaban J connectivity index is 1.20. The smallest absolute Gasteiger partial charge is 0.163 e. The summed E-state index contributed by atoms with van der Waals surface area (Å²) in [5.74, 6) is 4.48. The zero-order chi connectivity index (χ0) is 23.9. The highest BCUT2D eigenvalue weighted by Gasteiger charge is 2.35. The van der Waals surface area contributed by atoms with Crippen LogP contribution in [0.2, 0.25) is 0 Å². The Kier molecular flexibility index (Phi) is 9.98. The first-order chi connectivity index (χ1) is 16.6. The van der Waals surface area contributed by atoms with E-state index in [1.165, 1.54) is 70.6 Å². The van der Waals surface area contributed by atoms with Crippen molar-refractivity contribution in [1.82, 2.24) is 0 Å². The monoisotopic (exact) mass is 488 g/mol. The molecule has 2 atom stereocenters. The summed E-state index contributed by atoms with van der Waals surface area (Å²) in [7, 11) is 0.